The molecule has 2 aromatic rings. The lowest BCUT2D eigenvalue weighted by Gasteiger charge is -2.16. The lowest BCUT2D eigenvalue weighted by molar-refractivity contribution is 0.864. The summed E-state index contributed by atoms with van der Waals surface area (Å²) in [5, 5.41) is 3.51. The van der Waals surface area contributed by atoms with Crippen LogP contribution in [-0.2, 0) is 19.3 Å². The monoisotopic (exact) mass is 266 g/mol. The van der Waals surface area contributed by atoms with Crippen molar-refractivity contribution in [1.82, 2.24) is 4.98 Å². The van der Waals surface area contributed by atoms with E-state index in [1.54, 1.807) is 0 Å². The topological polar surface area (TPSA) is 24.9 Å². The third-order valence-corrected chi connectivity index (χ3v) is 4.18. The molecule has 0 saturated heterocycles. The van der Waals surface area contributed by atoms with Crippen molar-refractivity contribution in [2.24, 2.45) is 0 Å². The van der Waals surface area contributed by atoms with Crippen LogP contribution in [0.15, 0.2) is 36.4 Å². The van der Waals surface area contributed by atoms with Crippen molar-refractivity contribution in [1.29, 1.82) is 0 Å². The van der Waals surface area contributed by atoms with Crippen LogP contribution in [0.25, 0.3) is 0 Å². The molecule has 3 rings (SSSR count). The Morgan fingerprint density at radius 2 is 1.90 bits per heavy atom. The van der Waals surface area contributed by atoms with Gasteiger partial charge in [0.15, 0.2) is 0 Å². The van der Waals surface area contributed by atoms with Gasteiger partial charge in [-0.25, -0.2) is 4.98 Å². The molecule has 2 heteroatoms. The summed E-state index contributed by atoms with van der Waals surface area (Å²) in [6.07, 6.45) is 4.66. The van der Waals surface area contributed by atoms with Crippen LogP contribution >= 0.6 is 0 Å². The van der Waals surface area contributed by atoms with Crippen LogP contribution in [0.1, 0.15) is 48.7 Å². The quantitative estimate of drug-likeness (QED) is 0.892. The number of pyridine rings is 1. The first-order chi connectivity index (χ1) is 9.76. The zero-order valence-electron chi connectivity index (χ0n) is 12.3. The number of aryl methyl sites for hydroxylation is 3. The number of nitrogens with zero attached hydrogens (tertiary/aromatic N) is 1. The van der Waals surface area contributed by atoms with Gasteiger partial charge in [-0.05, 0) is 55.4 Å². The van der Waals surface area contributed by atoms with Gasteiger partial charge in [-0.2, -0.15) is 0 Å². The van der Waals surface area contributed by atoms with E-state index in [1.807, 2.05) is 0 Å². The van der Waals surface area contributed by atoms with Gasteiger partial charge in [0.2, 0.25) is 0 Å². The molecule has 20 heavy (non-hydrogen) atoms. The number of benzene rings is 1. The van der Waals surface area contributed by atoms with E-state index in [9.17, 15) is 0 Å². The first-order valence-corrected chi connectivity index (χ1v) is 7.60. The fraction of sp³-hybridized carbons (Fsp3) is 0.389. The average molecular weight is 266 g/mol. The van der Waals surface area contributed by atoms with Crippen LogP contribution in [-0.4, -0.2) is 4.98 Å². The highest BCUT2D eigenvalue weighted by Crippen LogP contribution is 2.24. The maximum absolute atomic E-state index is 4.74. The Bertz CT molecular complexity index is 587. The van der Waals surface area contributed by atoms with Gasteiger partial charge in [-0.15, -0.1) is 0 Å². The van der Waals surface area contributed by atoms with E-state index in [-0.39, 0.29) is 6.04 Å². The van der Waals surface area contributed by atoms with E-state index in [0.29, 0.717) is 0 Å². The molecule has 1 atom stereocenters. The number of aromatic nitrogens is 1. The molecule has 0 bridgehead atoms. The molecule has 0 fully saturated rings. The van der Waals surface area contributed by atoms with Crippen LogP contribution in [0, 0.1) is 0 Å². The second-order valence-corrected chi connectivity index (χ2v) is 5.62. The third-order valence-electron chi connectivity index (χ3n) is 4.18. The summed E-state index contributed by atoms with van der Waals surface area (Å²) in [6.45, 7) is 4.38. The Hall–Kier alpha value is -1.83. The molecular weight excluding hydrogens is 244 g/mol. The Morgan fingerprint density at radius 3 is 2.65 bits per heavy atom. The number of hydrogen-bond acceptors (Lipinski definition) is 2. The summed E-state index contributed by atoms with van der Waals surface area (Å²) in [7, 11) is 0. The van der Waals surface area contributed by atoms with Crippen LogP contribution in [0.5, 0.6) is 0 Å². The minimum absolute atomic E-state index is 0.285. The Balaban J connectivity index is 1.73. The van der Waals surface area contributed by atoms with E-state index < -0.39 is 0 Å². The minimum atomic E-state index is 0.285. The largest absolute Gasteiger partial charge is 0.364 e. The molecule has 104 valence electrons. The van der Waals surface area contributed by atoms with Gasteiger partial charge in [0.1, 0.15) is 5.82 Å². The third kappa shape index (κ3) is 2.69. The molecular formula is C18H22N2. The summed E-state index contributed by atoms with van der Waals surface area (Å²) < 4.78 is 0. The number of hydrogen-bond donors (Lipinski definition) is 1. The molecule has 1 aromatic carbocycles. The van der Waals surface area contributed by atoms with Gasteiger partial charge in [0.25, 0.3) is 0 Å². The molecule has 0 aliphatic heterocycles. The highest BCUT2D eigenvalue weighted by molar-refractivity contribution is 5.42. The lowest BCUT2D eigenvalue weighted by atomic mass is 10.0. The van der Waals surface area contributed by atoms with Gasteiger partial charge < -0.3 is 5.32 Å². The molecule has 0 radical (unpaired) electrons. The molecule has 0 spiro atoms. The normalized spacial score (nSPS) is 14.9. The van der Waals surface area contributed by atoms with Gasteiger partial charge in [0.05, 0.1) is 0 Å². The van der Waals surface area contributed by atoms with E-state index >= 15 is 0 Å². The number of anilines is 1. The van der Waals surface area contributed by atoms with Gasteiger partial charge >= 0.3 is 0 Å². The standard InChI is InChI=1S/C18H22N2/c1-3-14-7-9-15(10-8-14)13(2)19-18-12-11-16-5-4-6-17(16)20-18/h7-13H,3-6H2,1-2H3,(H,19,20). The Morgan fingerprint density at radius 1 is 1.10 bits per heavy atom. The smallest absolute Gasteiger partial charge is 0.126 e. The maximum atomic E-state index is 4.74. The van der Waals surface area contributed by atoms with E-state index in [4.69, 9.17) is 4.98 Å². The highest BCUT2D eigenvalue weighted by atomic mass is 15.0. The Labute approximate surface area is 121 Å². The zero-order valence-corrected chi connectivity index (χ0v) is 12.3. The van der Waals surface area contributed by atoms with Crippen molar-refractivity contribution < 1.29 is 0 Å². The summed E-state index contributed by atoms with van der Waals surface area (Å²) in [5.74, 6) is 0.998. The van der Waals surface area contributed by atoms with Crippen molar-refractivity contribution in [2.45, 2.75) is 45.6 Å². The maximum Gasteiger partial charge on any atom is 0.126 e. The fourth-order valence-corrected chi connectivity index (χ4v) is 2.85. The molecule has 1 aliphatic rings. The molecule has 1 unspecified atom stereocenters. The minimum Gasteiger partial charge on any atom is -0.364 e. The molecule has 2 nitrogen and oxygen atoms in total. The summed E-state index contributed by atoms with van der Waals surface area (Å²) in [5.41, 5.74) is 5.40. The zero-order chi connectivity index (χ0) is 13.9. The van der Waals surface area contributed by atoms with Crippen molar-refractivity contribution in [3.8, 4) is 0 Å². The van der Waals surface area contributed by atoms with E-state index in [0.717, 1.165) is 18.7 Å². The summed E-state index contributed by atoms with van der Waals surface area (Å²) in [6, 6.07) is 13.5. The van der Waals surface area contributed by atoms with Crippen molar-refractivity contribution in [2.75, 3.05) is 5.32 Å². The van der Waals surface area contributed by atoms with Gasteiger partial charge in [-0.3, -0.25) is 0 Å². The second kappa shape index (κ2) is 5.66. The van der Waals surface area contributed by atoms with Crippen molar-refractivity contribution in [3.63, 3.8) is 0 Å². The highest BCUT2D eigenvalue weighted by Gasteiger charge is 2.13. The Kier molecular flexibility index (Phi) is 3.72. The molecule has 1 heterocycles. The predicted molar refractivity (Wildman–Crippen MR) is 84.1 cm³/mol. The van der Waals surface area contributed by atoms with Crippen LogP contribution in [0.4, 0.5) is 5.82 Å². The fourth-order valence-electron chi connectivity index (χ4n) is 2.85. The summed E-state index contributed by atoms with van der Waals surface area (Å²) >= 11 is 0. The molecule has 1 aliphatic carbocycles. The first kappa shape index (κ1) is 13.2. The van der Waals surface area contributed by atoms with Gasteiger partial charge in [-0.1, -0.05) is 37.3 Å². The van der Waals surface area contributed by atoms with Crippen LogP contribution in [0.3, 0.4) is 0 Å². The molecule has 0 amide bonds. The van der Waals surface area contributed by atoms with E-state index in [2.05, 4.69) is 55.6 Å². The average Bonchev–Trinajstić information content (AvgIpc) is 2.95. The second-order valence-electron chi connectivity index (χ2n) is 5.62. The van der Waals surface area contributed by atoms with Crippen LogP contribution in [0.2, 0.25) is 0 Å². The summed E-state index contributed by atoms with van der Waals surface area (Å²) in [4.78, 5) is 4.74. The predicted octanol–water partition coefficient (Wildman–Crippen LogP) is 4.31. The number of rotatable bonds is 4. The molecule has 0 saturated carbocycles. The van der Waals surface area contributed by atoms with Crippen molar-refractivity contribution >= 4 is 5.82 Å². The SMILES string of the molecule is CCc1ccc(C(C)Nc2ccc3c(n2)CCC3)cc1. The lowest BCUT2D eigenvalue weighted by Crippen LogP contribution is -2.08. The number of fused-ring (bicyclic) bond motifs is 1. The molecule has 1 aromatic heterocycles. The first-order valence-electron chi connectivity index (χ1n) is 7.60. The van der Waals surface area contributed by atoms with Gasteiger partial charge in [0, 0.05) is 11.7 Å². The van der Waals surface area contributed by atoms with Crippen LogP contribution < -0.4 is 5.32 Å². The molecule has 1 N–H and O–H groups in total. The van der Waals surface area contributed by atoms with Crippen molar-refractivity contribution in [3.05, 3.63) is 58.8 Å². The van der Waals surface area contributed by atoms with E-state index in [1.165, 1.54) is 35.2 Å². The number of nitrogens with one attached hydrogen (secondary N) is 1.